The maximum Gasteiger partial charge on any atom is 0.138 e. The first-order valence-corrected chi connectivity index (χ1v) is 25.6. The van der Waals surface area contributed by atoms with Crippen LogP contribution in [0.1, 0.15) is 36.2 Å². The molecule has 71 heavy (non-hydrogen) atoms. The number of rotatable bonds is 31. The first-order valence-electron chi connectivity index (χ1n) is 24.8. The van der Waals surface area contributed by atoms with Gasteiger partial charge in [-0.05, 0) is 97.5 Å². The smallest absolute Gasteiger partial charge is 0.138 e. The number of hydrogen-bond donors (Lipinski definition) is 1. The average Bonchev–Trinajstić information content (AvgIpc) is 3.63. The van der Waals surface area contributed by atoms with Crippen molar-refractivity contribution >= 4 is 17.4 Å². The minimum absolute atomic E-state index is 0.266. The lowest BCUT2D eigenvalue weighted by Crippen LogP contribution is -2.29. The topological polar surface area (TPSA) is 183 Å². The Morgan fingerprint density at radius 2 is 1.37 bits per heavy atom. The van der Waals surface area contributed by atoms with E-state index in [0.29, 0.717) is 136 Å². The molecule has 0 saturated heterocycles. The standard InChI is InChI=1S/C53H66N8O9S/c1-2-22-63-27-29-66-31-32-69-38-42(37-68-24-7-23-64-26-21-60-51-19-17-46-45(48(46)36-62)16-18-49(51)55-57-60)70-34-33-67-30-28-65-25-20-59-35-40-8-3-4-9-44(40)52-53(47-10-5-6-11-50(47)59)61(58-56-52)41-12-14-43(15-13-41)71-39-54/h1,3-6,8-15,42,45-46,48,62H,7,16-38H2. The fourth-order valence-electron chi connectivity index (χ4n) is 9.53. The zero-order valence-electron chi connectivity index (χ0n) is 40.5. The van der Waals surface area contributed by atoms with Crippen molar-refractivity contribution in [1.82, 2.24) is 30.0 Å². The van der Waals surface area contributed by atoms with E-state index in [0.717, 1.165) is 93.9 Å². The van der Waals surface area contributed by atoms with E-state index in [2.05, 4.69) is 68.1 Å². The van der Waals surface area contributed by atoms with E-state index in [9.17, 15) is 5.11 Å². The van der Waals surface area contributed by atoms with Crippen molar-refractivity contribution in [2.45, 2.75) is 56.2 Å². The zero-order chi connectivity index (χ0) is 48.9. The van der Waals surface area contributed by atoms with Crippen LogP contribution in [0.4, 0.5) is 5.69 Å². The number of anilines is 1. The second-order valence-corrected chi connectivity index (χ2v) is 18.5. The van der Waals surface area contributed by atoms with Crippen LogP contribution in [0.5, 0.6) is 0 Å². The number of terminal acetylenes is 1. The van der Waals surface area contributed by atoms with Crippen LogP contribution in [-0.4, -0.2) is 153 Å². The number of ether oxygens (including phenoxy) is 8. The molecule has 3 aromatic carbocycles. The maximum absolute atomic E-state index is 9.68. The van der Waals surface area contributed by atoms with Gasteiger partial charge >= 0.3 is 0 Å². The second-order valence-electron chi connectivity index (χ2n) is 17.6. The molecule has 4 atom stereocenters. The van der Waals surface area contributed by atoms with E-state index in [1.54, 1.807) is 0 Å². The van der Waals surface area contributed by atoms with E-state index in [1.165, 1.54) is 5.69 Å². The van der Waals surface area contributed by atoms with Crippen molar-refractivity contribution in [3.05, 3.63) is 89.7 Å². The summed E-state index contributed by atoms with van der Waals surface area (Å²) in [5, 5.41) is 39.3. The fraction of sp³-hybridized carbons (Fsp3) is 0.528. The average molecular weight is 991 g/mol. The predicted octanol–water partition coefficient (Wildman–Crippen LogP) is 6.04. The molecule has 1 saturated carbocycles. The van der Waals surface area contributed by atoms with Gasteiger partial charge in [-0.25, -0.2) is 9.36 Å². The molecule has 1 fully saturated rings. The van der Waals surface area contributed by atoms with Gasteiger partial charge in [-0.3, -0.25) is 0 Å². The van der Waals surface area contributed by atoms with Gasteiger partial charge in [0.25, 0.3) is 0 Å². The molecule has 0 radical (unpaired) electrons. The van der Waals surface area contributed by atoms with E-state index in [-0.39, 0.29) is 12.7 Å². The van der Waals surface area contributed by atoms with E-state index >= 15 is 0 Å². The number of para-hydroxylation sites is 1. The summed E-state index contributed by atoms with van der Waals surface area (Å²) in [6, 6.07) is 24.5. The van der Waals surface area contributed by atoms with Crippen LogP contribution in [0.25, 0.3) is 28.2 Å². The summed E-state index contributed by atoms with van der Waals surface area (Å²) in [7, 11) is 0. The monoisotopic (exact) mass is 990 g/mol. The Morgan fingerprint density at radius 1 is 0.704 bits per heavy atom. The normalized spacial score (nSPS) is 17.3. The van der Waals surface area contributed by atoms with Crippen molar-refractivity contribution in [3.8, 4) is 45.9 Å². The third-order valence-corrected chi connectivity index (χ3v) is 13.7. The number of thioether (sulfide) groups is 1. The number of fused-ring (bicyclic) bond motifs is 7. The highest BCUT2D eigenvalue weighted by Crippen LogP contribution is 2.52. The molecule has 2 aromatic heterocycles. The number of aryl methyl sites for hydroxylation is 1. The number of nitrogens with zero attached hydrogens (tertiary/aromatic N) is 8. The van der Waals surface area contributed by atoms with Crippen molar-refractivity contribution in [3.63, 3.8) is 0 Å². The van der Waals surface area contributed by atoms with Crippen LogP contribution in [-0.2, 0) is 63.8 Å². The molecular formula is C53H66N8O9S. The molecule has 18 heteroatoms. The summed E-state index contributed by atoms with van der Waals surface area (Å²) in [6.07, 6.45) is 9.77. The number of thiocyanates is 1. The lowest BCUT2D eigenvalue weighted by Gasteiger charge is -2.30. The maximum atomic E-state index is 9.68. The number of aliphatic hydroxyl groups is 1. The highest BCUT2D eigenvalue weighted by molar-refractivity contribution is 8.03. The van der Waals surface area contributed by atoms with Crippen LogP contribution in [0.2, 0.25) is 0 Å². The molecule has 1 aliphatic heterocycles. The molecule has 0 bridgehead atoms. The summed E-state index contributed by atoms with van der Waals surface area (Å²) in [5.74, 6) is 4.20. The summed E-state index contributed by atoms with van der Waals surface area (Å²) in [4.78, 5) is 3.22. The number of aromatic nitrogens is 6. The van der Waals surface area contributed by atoms with Crippen molar-refractivity contribution in [1.29, 1.82) is 5.26 Å². The van der Waals surface area contributed by atoms with E-state index in [1.807, 2.05) is 45.8 Å². The SMILES string of the molecule is C#CCOCCOCCOCC(COCCCOCCn1nnc2c1CCC1C(CO)C1CC2)OCCOCCOCCN1Cc2ccccc2-c2nnn(-c3ccc(SC#N)cc3)c2-c2ccccc21. The Hall–Kier alpha value is -5.22. The Labute approximate surface area is 421 Å². The van der Waals surface area contributed by atoms with Crippen LogP contribution >= 0.6 is 11.8 Å². The molecule has 3 heterocycles. The Kier molecular flexibility index (Phi) is 20.7. The Balaban J connectivity index is 0.745. The summed E-state index contributed by atoms with van der Waals surface area (Å²) in [5.41, 5.74) is 9.18. The summed E-state index contributed by atoms with van der Waals surface area (Å²) in [6.45, 7) is 8.79. The number of hydrogen-bond acceptors (Lipinski definition) is 16. The first-order chi connectivity index (χ1) is 35.2. The Bertz CT molecular complexity index is 2470. The third kappa shape index (κ3) is 14.7. The molecule has 3 aliphatic rings. The van der Waals surface area contributed by atoms with Crippen LogP contribution in [0.15, 0.2) is 77.7 Å². The predicted molar refractivity (Wildman–Crippen MR) is 268 cm³/mol. The quantitative estimate of drug-likeness (QED) is 0.0235. The highest BCUT2D eigenvalue weighted by Gasteiger charge is 2.49. The van der Waals surface area contributed by atoms with Gasteiger partial charge in [0.2, 0.25) is 0 Å². The van der Waals surface area contributed by atoms with Gasteiger partial charge < -0.3 is 47.9 Å². The molecule has 1 N–H and O–H groups in total. The Morgan fingerprint density at radius 3 is 2.15 bits per heavy atom. The number of aliphatic hydroxyl groups excluding tert-OH is 1. The summed E-state index contributed by atoms with van der Waals surface area (Å²) >= 11 is 1.13. The van der Waals surface area contributed by atoms with Crippen LogP contribution < -0.4 is 4.90 Å². The first kappa shape index (κ1) is 52.1. The third-order valence-electron chi connectivity index (χ3n) is 13.1. The highest BCUT2D eigenvalue weighted by atomic mass is 32.2. The van der Waals surface area contributed by atoms with Gasteiger partial charge in [0, 0.05) is 54.6 Å². The minimum atomic E-state index is -0.287. The van der Waals surface area contributed by atoms with E-state index < -0.39 is 0 Å². The van der Waals surface area contributed by atoms with Gasteiger partial charge in [-0.15, -0.1) is 16.6 Å². The van der Waals surface area contributed by atoms with Gasteiger partial charge in [0.1, 0.15) is 29.5 Å². The van der Waals surface area contributed by atoms with Gasteiger partial charge in [0.05, 0.1) is 103 Å². The molecule has 0 amide bonds. The van der Waals surface area contributed by atoms with Crippen molar-refractivity contribution in [2.24, 2.45) is 17.8 Å². The lowest BCUT2D eigenvalue weighted by atomic mass is 9.95. The minimum Gasteiger partial charge on any atom is -0.396 e. The van der Waals surface area contributed by atoms with E-state index in [4.69, 9.17) is 54.7 Å². The fourth-order valence-corrected chi connectivity index (χ4v) is 9.90. The van der Waals surface area contributed by atoms with Gasteiger partial charge in [0.15, 0.2) is 0 Å². The molecule has 5 aromatic rings. The molecule has 0 spiro atoms. The molecule has 17 nitrogen and oxygen atoms in total. The van der Waals surface area contributed by atoms with Gasteiger partial charge in [-0.1, -0.05) is 58.8 Å². The second kappa shape index (κ2) is 28.1. The largest absolute Gasteiger partial charge is 0.396 e. The van der Waals surface area contributed by atoms with Crippen LogP contribution in [0, 0.1) is 40.8 Å². The van der Waals surface area contributed by atoms with Crippen molar-refractivity contribution in [2.75, 3.05) is 117 Å². The van der Waals surface area contributed by atoms with Crippen molar-refractivity contribution < 1.29 is 43.0 Å². The number of benzene rings is 3. The van der Waals surface area contributed by atoms with Gasteiger partial charge in [-0.2, -0.15) is 5.26 Å². The molecule has 378 valence electrons. The molecule has 2 aliphatic carbocycles. The lowest BCUT2D eigenvalue weighted by molar-refractivity contribution is -0.0826. The van der Waals surface area contributed by atoms with Crippen LogP contribution in [0.3, 0.4) is 0 Å². The zero-order valence-corrected chi connectivity index (χ0v) is 41.3. The molecular weight excluding hydrogens is 925 g/mol. The summed E-state index contributed by atoms with van der Waals surface area (Å²) < 4.78 is 50.8. The molecule has 4 unspecified atom stereocenters. The molecule has 8 rings (SSSR count). The number of nitriles is 1.